The first-order valence-electron chi connectivity index (χ1n) is 10.2. The molecule has 1 amide bonds. The Bertz CT molecular complexity index is 843. The normalized spacial score (nSPS) is 16.6. The zero-order valence-corrected chi connectivity index (χ0v) is 17.7. The van der Waals surface area contributed by atoms with Crippen LogP contribution in [0.15, 0.2) is 30.6 Å². The summed E-state index contributed by atoms with van der Waals surface area (Å²) < 4.78 is 11.4. The minimum atomic E-state index is 0.143. The van der Waals surface area contributed by atoms with Crippen LogP contribution in [0.1, 0.15) is 38.7 Å². The summed E-state index contributed by atoms with van der Waals surface area (Å²) in [6.07, 6.45) is 4.12. The average molecular weight is 399 g/mol. The van der Waals surface area contributed by atoms with Gasteiger partial charge >= 0.3 is 0 Å². The quantitative estimate of drug-likeness (QED) is 0.706. The fourth-order valence-corrected chi connectivity index (χ4v) is 3.54. The van der Waals surface area contributed by atoms with Crippen molar-refractivity contribution in [2.24, 2.45) is 0 Å². The second-order valence-electron chi connectivity index (χ2n) is 7.46. The van der Waals surface area contributed by atoms with Crippen LogP contribution in [0.5, 0.6) is 17.4 Å². The van der Waals surface area contributed by atoms with Crippen LogP contribution in [0.3, 0.4) is 0 Å². The molecule has 0 aliphatic carbocycles. The van der Waals surface area contributed by atoms with Gasteiger partial charge in [0.1, 0.15) is 12.1 Å². The lowest BCUT2D eigenvalue weighted by Gasteiger charge is -2.40. The summed E-state index contributed by atoms with van der Waals surface area (Å²) in [5, 5.41) is 0. The van der Waals surface area contributed by atoms with Gasteiger partial charge in [-0.25, -0.2) is 9.97 Å². The van der Waals surface area contributed by atoms with Crippen molar-refractivity contribution in [2.75, 3.05) is 31.6 Å². The number of ether oxygens (including phenoxy) is 2. The molecule has 0 N–H and O–H groups in total. The molecule has 1 aromatic heterocycles. The predicted octanol–water partition coefficient (Wildman–Crippen LogP) is 3.81. The first-order valence-corrected chi connectivity index (χ1v) is 10.2. The number of amides is 1. The van der Waals surface area contributed by atoms with Crippen molar-refractivity contribution >= 4 is 11.7 Å². The molecule has 1 saturated heterocycles. The largest absolute Gasteiger partial charge is 0.493 e. The number of piperazine rings is 1. The van der Waals surface area contributed by atoms with E-state index in [2.05, 4.69) is 28.7 Å². The molecule has 2 aromatic rings. The number of aromatic nitrogens is 2. The van der Waals surface area contributed by atoms with Gasteiger partial charge in [-0.3, -0.25) is 4.79 Å². The lowest BCUT2D eigenvalue weighted by atomic mass is 10.1. The molecule has 7 heteroatoms. The maximum absolute atomic E-state index is 12.4. The molecule has 1 aliphatic heterocycles. The first kappa shape index (κ1) is 20.9. The fourth-order valence-electron chi connectivity index (χ4n) is 3.54. The Morgan fingerprint density at radius 3 is 2.76 bits per heavy atom. The van der Waals surface area contributed by atoms with E-state index in [0.29, 0.717) is 30.3 Å². The molecule has 1 aromatic carbocycles. The minimum absolute atomic E-state index is 0.143. The van der Waals surface area contributed by atoms with E-state index in [-0.39, 0.29) is 11.9 Å². The third-order valence-corrected chi connectivity index (χ3v) is 5.18. The van der Waals surface area contributed by atoms with Crippen LogP contribution in [0.4, 0.5) is 5.82 Å². The van der Waals surface area contributed by atoms with Crippen LogP contribution in [0, 0.1) is 6.92 Å². The van der Waals surface area contributed by atoms with Gasteiger partial charge < -0.3 is 19.3 Å². The molecule has 0 saturated carbocycles. The van der Waals surface area contributed by atoms with Crippen molar-refractivity contribution < 1.29 is 14.3 Å². The number of hydrogen-bond donors (Lipinski definition) is 0. The lowest BCUT2D eigenvalue weighted by molar-refractivity contribution is -0.133. The monoisotopic (exact) mass is 398 g/mol. The third kappa shape index (κ3) is 5.16. The Hall–Kier alpha value is -2.83. The lowest BCUT2D eigenvalue weighted by Crippen LogP contribution is -2.54. The number of hydrogen-bond acceptors (Lipinski definition) is 6. The third-order valence-electron chi connectivity index (χ3n) is 5.18. The van der Waals surface area contributed by atoms with Crippen molar-refractivity contribution in [1.29, 1.82) is 0 Å². The Morgan fingerprint density at radius 2 is 2.03 bits per heavy atom. The smallest absolute Gasteiger partial charge is 0.224 e. The average Bonchev–Trinajstić information content (AvgIpc) is 2.73. The molecule has 0 bridgehead atoms. The standard InChI is InChI=1S/C22H30N4O3/c1-5-6-7-22(27)26-11-10-25(14-17(26)3)20-13-21(24-15-23-20)29-18-9-8-16(2)12-19(18)28-4/h8-9,12-13,15,17H,5-7,10-11,14H2,1-4H3. The summed E-state index contributed by atoms with van der Waals surface area (Å²) in [6.45, 7) is 8.38. The van der Waals surface area contributed by atoms with E-state index < -0.39 is 0 Å². The zero-order valence-electron chi connectivity index (χ0n) is 17.7. The maximum Gasteiger partial charge on any atom is 0.224 e. The molecular formula is C22H30N4O3. The van der Waals surface area contributed by atoms with E-state index in [1.165, 1.54) is 6.33 Å². The van der Waals surface area contributed by atoms with E-state index in [1.807, 2.05) is 36.1 Å². The number of nitrogens with zero attached hydrogens (tertiary/aromatic N) is 4. The highest BCUT2D eigenvalue weighted by Crippen LogP contribution is 2.32. The second kappa shape index (κ2) is 9.58. The summed E-state index contributed by atoms with van der Waals surface area (Å²) in [5.74, 6) is 2.79. The maximum atomic E-state index is 12.4. The number of carbonyl (C=O) groups is 1. The van der Waals surface area contributed by atoms with Crippen molar-refractivity contribution in [3.8, 4) is 17.4 Å². The molecule has 7 nitrogen and oxygen atoms in total. The Labute approximate surface area is 172 Å². The van der Waals surface area contributed by atoms with Gasteiger partial charge in [-0.2, -0.15) is 0 Å². The van der Waals surface area contributed by atoms with Crippen LogP contribution >= 0.6 is 0 Å². The van der Waals surface area contributed by atoms with Crippen molar-refractivity contribution in [1.82, 2.24) is 14.9 Å². The second-order valence-corrected chi connectivity index (χ2v) is 7.46. The van der Waals surface area contributed by atoms with Gasteiger partial charge in [0.25, 0.3) is 0 Å². The molecule has 1 fully saturated rings. The molecule has 1 unspecified atom stereocenters. The van der Waals surface area contributed by atoms with Crippen molar-refractivity contribution in [3.05, 3.63) is 36.2 Å². The van der Waals surface area contributed by atoms with Gasteiger partial charge in [-0.15, -0.1) is 0 Å². The SMILES string of the molecule is CCCCC(=O)N1CCN(c2cc(Oc3ccc(C)cc3OC)ncn2)CC1C. The van der Waals surface area contributed by atoms with Crippen LogP contribution < -0.4 is 14.4 Å². The van der Waals surface area contributed by atoms with E-state index in [1.54, 1.807) is 7.11 Å². The van der Waals surface area contributed by atoms with E-state index >= 15 is 0 Å². The molecule has 29 heavy (non-hydrogen) atoms. The summed E-state index contributed by atoms with van der Waals surface area (Å²) in [6, 6.07) is 7.74. The molecule has 1 aliphatic rings. The first-order chi connectivity index (χ1) is 14.0. The van der Waals surface area contributed by atoms with Gasteiger partial charge in [-0.05, 0) is 38.0 Å². The summed E-state index contributed by atoms with van der Waals surface area (Å²) in [5.41, 5.74) is 1.10. The Morgan fingerprint density at radius 1 is 1.21 bits per heavy atom. The predicted molar refractivity (Wildman–Crippen MR) is 113 cm³/mol. The van der Waals surface area contributed by atoms with Gasteiger partial charge in [-0.1, -0.05) is 19.4 Å². The summed E-state index contributed by atoms with van der Waals surface area (Å²) in [4.78, 5) is 25.2. The van der Waals surface area contributed by atoms with Crippen LogP contribution in [0.25, 0.3) is 0 Å². The summed E-state index contributed by atoms with van der Waals surface area (Å²) >= 11 is 0. The van der Waals surface area contributed by atoms with Crippen LogP contribution in [0.2, 0.25) is 0 Å². The molecule has 0 spiro atoms. The number of aryl methyl sites for hydroxylation is 1. The van der Waals surface area contributed by atoms with Gasteiger partial charge in [0, 0.05) is 38.2 Å². The van der Waals surface area contributed by atoms with Crippen LogP contribution in [-0.4, -0.2) is 53.6 Å². The molecule has 1 atom stereocenters. The van der Waals surface area contributed by atoms with Gasteiger partial charge in [0.05, 0.1) is 7.11 Å². The zero-order chi connectivity index (χ0) is 20.8. The van der Waals surface area contributed by atoms with E-state index in [4.69, 9.17) is 9.47 Å². The number of unbranched alkanes of at least 4 members (excludes halogenated alkanes) is 1. The molecule has 156 valence electrons. The van der Waals surface area contributed by atoms with Crippen LogP contribution in [-0.2, 0) is 4.79 Å². The highest BCUT2D eigenvalue weighted by Gasteiger charge is 2.27. The van der Waals surface area contributed by atoms with Gasteiger partial charge in [0.15, 0.2) is 11.5 Å². The van der Waals surface area contributed by atoms with E-state index in [9.17, 15) is 4.79 Å². The number of methoxy groups -OCH3 is 1. The topological polar surface area (TPSA) is 67.8 Å². The molecular weight excluding hydrogens is 368 g/mol. The Kier molecular flexibility index (Phi) is 6.90. The van der Waals surface area contributed by atoms with Gasteiger partial charge in [0.2, 0.25) is 11.8 Å². The molecule has 2 heterocycles. The molecule has 0 radical (unpaired) electrons. The number of benzene rings is 1. The highest BCUT2D eigenvalue weighted by atomic mass is 16.5. The summed E-state index contributed by atoms with van der Waals surface area (Å²) in [7, 11) is 1.62. The minimum Gasteiger partial charge on any atom is -0.493 e. The number of carbonyl (C=O) groups excluding carboxylic acids is 1. The number of anilines is 1. The van der Waals surface area contributed by atoms with Crippen molar-refractivity contribution in [2.45, 2.75) is 46.1 Å². The van der Waals surface area contributed by atoms with E-state index in [0.717, 1.165) is 37.3 Å². The fraction of sp³-hybridized carbons (Fsp3) is 0.500. The number of rotatable bonds is 7. The highest BCUT2D eigenvalue weighted by molar-refractivity contribution is 5.76. The molecule has 3 rings (SSSR count). The Balaban J connectivity index is 1.68. The van der Waals surface area contributed by atoms with Crippen molar-refractivity contribution in [3.63, 3.8) is 0 Å².